The predicted molar refractivity (Wildman–Crippen MR) is 66.4 cm³/mol. The highest BCUT2D eigenvalue weighted by molar-refractivity contribution is 5.34. The van der Waals surface area contributed by atoms with Crippen molar-refractivity contribution in [3.05, 3.63) is 35.4 Å². The second-order valence-electron chi connectivity index (χ2n) is 5.36. The van der Waals surface area contributed by atoms with Crippen molar-refractivity contribution in [1.29, 1.82) is 5.26 Å². The number of benzene rings is 1. The van der Waals surface area contributed by atoms with E-state index in [1.807, 2.05) is 12.1 Å². The average molecular weight is 230 g/mol. The Morgan fingerprint density at radius 3 is 2.88 bits per heavy atom. The fraction of sp³-hybridized carbons (Fsp3) is 0.500. The summed E-state index contributed by atoms with van der Waals surface area (Å²) in [5.41, 5.74) is 1.51. The summed E-state index contributed by atoms with van der Waals surface area (Å²) in [6.07, 6.45) is 1.49. The summed E-state index contributed by atoms with van der Waals surface area (Å²) in [7, 11) is 0. The van der Waals surface area contributed by atoms with Crippen LogP contribution in [0.15, 0.2) is 24.3 Å². The summed E-state index contributed by atoms with van der Waals surface area (Å²) in [6, 6.07) is 9.38. The first kappa shape index (κ1) is 12.1. The molecule has 1 saturated heterocycles. The molecule has 0 spiro atoms. The van der Waals surface area contributed by atoms with Crippen molar-refractivity contribution in [1.82, 2.24) is 5.32 Å². The van der Waals surface area contributed by atoms with Gasteiger partial charge in [-0.05, 0) is 44.4 Å². The third-order valence-electron chi connectivity index (χ3n) is 3.39. The van der Waals surface area contributed by atoms with Gasteiger partial charge in [-0.25, -0.2) is 0 Å². The van der Waals surface area contributed by atoms with Gasteiger partial charge in [-0.15, -0.1) is 0 Å². The minimum atomic E-state index is -0.537. The summed E-state index contributed by atoms with van der Waals surface area (Å²) < 4.78 is 0. The number of aliphatic hydroxyl groups excluding tert-OH is 1. The van der Waals surface area contributed by atoms with Crippen LogP contribution in [0.1, 0.15) is 43.9 Å². The molecule has 0 radical (unpaired) electrons. The third-order valence-corrected chi connectivity index (χ3v) is 3.39. The van der Waals surface area contributed by atoms with Crippen molar-refractivity contribution < 1.29 is 5.11 Å². The molecule has 1 aromatic carbocycles. The molecule has 0 saturated carbocycles. The van der Waals surface area contributed by atoms with E-state index >= 15 is 0 Å². The Labute approximate surface area is 102 Å². The van der Waals surface area contributed by atoms with E-state index in [4.69, 9.17) is 5.26 Å². The minimum absolute atomic E-state index is 0.0824. The quantitative estimate of drug-likeness (QED) is 0.818. The second kappa shape index (κ2) is 4.48. The molecule has 2 N–H and O–H groups in total. The fourth-order valence-electron chi connectivity index (χ4n) is 2.42. The van der Waals surface area contributed by atoms with Gasteiger partial charge in [0.05, 0.1) is 17.7 Å². The van der Waals surface area contributed by atoms with E-state index in [-0.39, 0.29) is 11.6 Å². The maximum Gasteiger partial charge on any atom is 0.0991 e. The smallest absolute Gasteiger partial charge is 0.0991 e. The van der Waals surface area contributed by atoms with E-state index < -0.39 is 6.10 Å². The highest BCUT2D eigenvalue weighted by Crippen LogP contribution is 2.30. The molecule has 0 aliphatic carbocycles. The lowest BCUT2D eigenvalue weighted by molar-refractivity contribution is 0.131. The molecule has 17 heavy (non-hydrogen) atoms. The van der Waals surface area contributed by atoms with E-state index in [0.29, 0.717) is 5.56 Å². The van der Waals surface area contributed by atoms with Crippen molar-refractivity contribution in [2.24, 2.45) is 0 Å². The van der Waals surface area contributed by atoms with Crippen LogP contribution >= 0.6 is 0 Å². The lowest BCUT2D eigenvalue weighted by Gasteiger charge is -2.24. The molecule has 2 rings (SSSR count). The minimum Gasteiger partial charge on any atom is -0.387 e. The number of nitrogens with zero attached hydrogens (tertiary/aromatic N) is 1. The first-order chi connectivity index (χ1) is 8.02. The molecule has 0 aromatic heterocycles. The number of hydrogen-bond donors (Lipinski definition) is 2. The maximum atomic E-state index is 10.3. The zero-order valence-electron chi connectivity index (χ0n) is 10.3. The monoisotopic (exact) mass is 230 g/mol. The van der Waals surface area contributed by atoms with Crippen LogP contribution in [-0.4, -0.2) is 16.7 Å². The highest BCUT2D eigenvalue weighted by Gasteiger charge is 2.34. The van der Waals surface area contributed by atoms with E-state index in [1.54, 1.807) is 12.1 Å². The lowest BCUT2D eigenvalue weighted by Crippen LogP contribution is -2.40. The Balaban J connectivity index is 2.15. The molecule has 90 valence electrons. The summed E-state index contributed by atoms with van der Waals surface area (Å²) in [5, 5.41) is 22.6. The van der Waals surface area contributed by atoms with Gasteiger partial charge < -0.3 is 10.4 Å². The summed E-state index contributed by atoms with van der Waals surface area (Å²) in [4.78, 5) is 0. The van der Waals surface area contributed by atoms with E-state index in [0.717, 1.165) is 18.4 Å². The van der Waals surface area contributed by atoms with Gasteiger partial charge in [0.2, 0.25) is 0 Å². The van der Waals surface area contributed by atoms with Gasteiger partial charge in [0.25, 0.3) is 0 Å². The molecule has 3 nitrogen and oxygen atoms in total. The summed E-state index contributed by atoms with van der Waals surface area (Å²) >= 11 is 0. The predicted octanol–water partition coefficient (Wildman–Crippen LogP) is 2.12. The van der Waals surface area contributed by atoms with Crippen molar-refractivity contribution in [2.75, 3.05) is 0 Å². The largest absolute Gasteiger partial charge is 0.387 e. The Kier molecular flexibility index (Phi) is 3.19. The van der Waals surface area contributed by atoms with Gasteiger partial charge in [-0.3, -0.25) is 0 Å². The molecular weight excluding hydrogens is 212 g/mol. The van der Waals surface area contributed by atoms with Crippen LogP contribution in [0.2, 0.25) is 0 Å². The van der Waals surface area contributed by atoms with Crippen LogP contribution < -0.4 is 5.32 Å². The maximum absolute atomic E-state index is 10.3. The molecular formula is C14H18N2O. The van der Waals surface area contributed by atoms with Crippen LogP contribution in [0.4, 0.5) is 0 Å². The summed E-state index contributed by atoms with van der Waals surface area (Å²) in [6.45, 7) is 4.29. The molecule has 0 amide bonds. The van der Waals surface area contributed by atoms with Crippen molar-refractivity contribution in [3.63, 3.8) is 0 Å². The van der Waals surface area contributed by atoms with Crippen molar-refractivity contribution in [3.8, 4) is 6.07 Å². The normalized spacial score (nSPS) is 24.2. The molecule has 2 unspecified atom stereocenters. The topological polar surface area (TPSA) is 56.0 Å². The fourth-order valence-corrected chi connectivity index (χ4v) is 2.42. The molecule has 2 atom stereocenters. The Morgan fingerprint density at radius 2 is 2.29 bits per heavy atom. The molecule has 1 heterocycles. The lowest BCUT2D eigenvalue weighted by atomic mass is 9.99. The molecule has 3 heteroatoms. The van der Waals surface area contributed by atoms with Crippen LogP contribution in [0.25, 0.3) is 0 Å². The Hall–Kier alpha value is -1.37. The molecule has 1 aliphatic rings. The first-order valence-corrected chi connectivity index (χ1v) is 5.98. The van der Waals surface area contributed by atoms with Crippen molar-refractivity contribution in [2.45, 2.75) is 44.4 Å². The number of rotatable bonds is 2. The number of nitrogens with one attached hydrogen (secondary N) is 1. The van der Waals surface area contributed by atoms with Gasteiger partial charge in [-0.2, -0.15) is 5.26 Å². The van der Waals surface area contributed by atoms with E-state index in [1.165, 1.54) is 0 Å². The second-order valence-corrected chi connectivity index (χ2v) is 5.36. The van der Waals surface area contributed by atoms with Gasteiger partial charge >= 0.3 is 0 Å². The first-order valence-electron chi connectivity index (χ1n) is 5.98. The molecule has 1 fully saturated rings. The molecule has 1 aliphatic heterocycles. The van der Waals surface area contributed by atoms with Gasteiger partial charge in [0.1, 0.15) is 0 Å². The standard InChI is InChI=1S/C14H18N2O/c1-14(2)7-6-12(16-14)13(17)11-5-3-4-10(8-11)9-15/h3-5,8,12-13,16-17H,6-7H2,1-2H3. The zero-order chi connectivity index (χ0) is 12.5. The Bertz CT molecular complexity index is 448. The van der Waals surface area contributed by atoms with Gasteiger partial charge in [-0.1, -0.05) is 12.1 Å². The molecule has 1 aromatic rings. The number of nitriles is 1. The van der Waals surface area contributed by atoms with Crippen LogP contribution in [0.5, 0.6) is 0 Å². The molecule has 0 bridgehead atoms. The van der Waals surface area contributed by atoms with E-state index in [2.05, 4.69) is 25.2 Å². The highest BCUT2D eigenvalue weighted by atomic mass is 16.3. The van der Waals surface area contributed by atoms with Crippen LogP contribution in [0.3, 0.4) is 0 Å². The number of aliphatic hydroxyl groups is 1. The van der Waals surface area contributed by atoms with Crippen molar-refractivity contribution >= 4 is 0 Å². The number of hydrogen-bond acceptors (Lipinski definition) is 3. The van der Waals surface area contributed by atoms with Gasteiger partial charge in [0, 0.05) is 11.6 Å². The Morgan fingerprint density at radius 1 is 1.53 bits per heavy atom. The summed E-state index contributed by atoms with van der Waals surface area (Å²) in [5.74, 6) is 0. The SMILES string of the molecule is CC1(C)CCC(C(O)c2cccc(C#N)c2)N1. The average Bonchev–Trinajstić information content (AvgIpc) is 2.69. The van der Waals surface area contributed by atoms with Crippen LogP contribution in [0, 0.1) is 11.3 Å². The third kappa shape index (κ3) is 2.66. The van der Waals surface area contributed by atoms with Gasteiger partial charge in [0.15, 0.2) is 0 Å². The zero-order valence-corrected chi connectivity index (χ0v) is 10.3. The van der Waals surface area contributed by atoms with Crippen LogP contribution in [-0.2, 0) is 0 Å². The van der Waals surface area contributed by atoms with E-state index in [9.17, 15) is 5.11 Å².